The highest BCUT2D eigenvalue weighted by Gasteiger charge is 2.53. The second kappa shape index (κ2) is 5.55. The summed E-state index contributed by atoms with van der Waals surface area (Å²) in [6.45, 7) is 7.09. The van der Waals surface area contributed by atoms with Crippen LogP contribution in [0.15, 0.2) is 24.0 Å². The van der Waals surface area contributed by atoms with Crippen molar-refractivity contribution in [3.8, 4) is 6.07 Å². The van der Waals surface area contributed by atoms with Crippen molar-refractivity contribution in [2.24, 2.45) is 17.1 Å². The molecule has 0 heterocycles. The maximum absolute atomic E-state index is 9.44. The zero-order chi connectivity index (χ0) is 13.8. The number of hydrogen-bond acceptors (Lipinski definition) is 4. The minimum atomic E-state index is -0.582. The third-order valence-electron chi connectivity index (χ3n) is 3.82. The lowest BCUT2D eigenvalue weighted by Gasteiger charge is -2.49. The lowest BCUT2D eigenvalue weighted by atomic mass is 9.62. The SMILES string of the molecule is CCOC1=CC=CC(C#N)C1(NC)C(C)(C)CN. The van der Waals surface area contributed by atoms with Gasteiger partial charge >= 0.3 is 0 Å². The van der Waals surface area contributed by atoms with E-state index in [1.54, 1.807) is 0 Å². The van der Waals surface area contributed by atoms with Gasteiger partial charge in [0.2, 0.25) is 0 Å². The van der Waals surface area contributed by atoms with Gasteiger partial charge in [-0.2, -0.15) is 5.26 Å². The Hall–Kier alpha value is -1.31. The van der Waals surface area contributed by atoms with E-state index in [2.05, 4.69) is 25.2 Å². The van der Waals surface area contributed by atoms with Crippen molar-refractivity contribution >= 4 is 0 Å². The first-order valence-corrected chi connectivity index (χ1v) is 6.30. The zero-order valence-corrected chi connectivity index (χ0v) is 11.7. The van der Waals surface area contributed by atoms with Gasteiger partial charge in [-0.05, 0) is 26.6 Å². The molecule has 0 spiro atoms. The Bertz CT molecular complexity index is 392. The fourth-order valence-corrected chi connectivity index (χ4v) is 2.67. The van der Waals surface area contributed by atoms with Gasteiger partial charge in [0.15, 0.2) is 0 Å². The lowest BCUT2D eigenvalue weighted by Crippen LogP contribution is -2.63. The van der Waals surface area contributed by atoms with Gasteiger partial charge in [0.1, 0.15) is 11.3 Å². The highest BCUT2D eigenvalue weighted by atomic mass is 16.5. The predicted molar refractivity (Wildman–Crippen MR) is 72.6 cm³/mol. The Morgan fingerprint density at radius 3 is 2.72 bits per heavy atom. The van der Waals surface area contributed by atoms with Crippen molar-refractivity contribution in [1.82, 2.24) is 5.32 Å². The molecule has 2 unspecified atom stereocenters. The van der Waals surface area contributed by atoms with Crippen LogP contribution >= 0.6 is 0 Å². The van der Waals surface area contributed by atoms with Crippen LogP contribution in [0.2, 0.25) is 0 Å². The molecule has 2 atom stereocenters. The zero-order valence-electron chi connectivity index (χ0n) is 11.7. The fraction of sp³-hybridized carbons (Fsp3) is 0.643. The van der Waals surface area contributed by atoms with Crippen LogP contribution in [0.3, 0.4) is 0 Å². The van der Waals surface area contributed by atoms with Crippen molar-refractivity contribution < 1.29 is 4.74 Å². The molecular weight excluding hydrogens is 226 g/mol. The van der Waals surface area contributed by atoms with Crippen LogP contribution < -0.4 is 11.1 Å². The fourth-order valence-electron chi connectivity index (χ4n) is 2.67. The molecule has 0 amide bonds. The predicted octanol–water partition coefficient (Wildman–Crippen LogP) is 1.56. The molecule has 100 valence electrons. The van der Waals surface area contributed by atoms with Gasteiger partial charge in [-0.3, -0.25) is 0 Å². The van der Waals surface area contributed by atoms with Crippen LogP contribution in [0.25, 0.3) is 0 Å². The van der Waals surface area contributed by atoms with Crippen LogP contribution in [-0.4, -0.2) is 25.7 Å². The molecule has 4 heteroatoms. The minimum Gasteiger partial charge on any atom is -0.496 e. The van der Waals surface area contributed by atoms with Gasteiger partial charge in [0.05, 0.1) is 18.6 Å². The molecule has 0 aromatic rings. The number of likely N-dealkylation sites (N-methyl/N-ethyl adjacent to an activating group) is 1. The molecule has 3 N–H and O–H groups in total. The molecule has 1 aliphatic rings. The van der Waals surface area contributed by atoms with Crippen LogP contribution in [0.4, 0.5) is 0 Å². The molecule has 4 nitrogen and oxygen atoms in total. The van der Waals surface area contributed by atoms with E-state index in [4.69, 9.17) is 10.5 Å². The van der Waals surface area contributed by atoms with E-state index < -0.39 is 5.54 Å². The summed E-state index contributed by atoms with van der Waals surface area (Å²) in [4.78, 5) is 0. The summed E-state index contributed by atoms with van der Waals surface area (Å²) in [6, 6.07) is 2.35. The number of rotatable bonds is 5. The molecule has 0 saturated heterocycles. The quantitative estimate of drug-likeness (QED) is 0.775. The Kier molecular flexibility index (Phi) is 4.55. The highest BCUT2D eigenvalue weighted by molar-refractivity contribution is 5.36. The van der Waals surface area contributed by atoms with E-state index in [1.807, 2.05) is 32.2 Å². The summed E-state index contributed by atoms with van der Waals surface area (Å²) < 4.78 is 5.75. The number of nitrogens with one attached hydrogen (secondary N) is 1. The number of nitrogens with zero attached hydrogens (tertiary/aromatic N) is 1. The molecule has 0 aromatic carbocycles. The van der Waals surface area contributed by atoms with Gasteiger partial charge in [0, 0.05) is 5.41 Å². The third kappa shape index (κ3) is 2.05. The second-order valence-corrected chi connectivity index (χ2v) is 5.10. The van der Waals surface area contributed by atoms with Gasteiger partial charge in [-0.1, -0.05) is 26.0 Å². The van der Waals surface area contributed by atoms with Gasteiger partial charge < -0.3 is 15.8 Å². The Labute approximate surface area is 109 Å². The van der Waals surface area contributed by atoms with Crippen LogP contribution in [0.5, 0.6) is 0 Å². The second-order valence-electron chi connectivity index (χ2n) is 5.10. The number of nitrogens with two attached hydrogens (primary N) is 1. The van der Waals surface area contributed by atoms with Crippen molar-refractivity contribution in [3.63, 3.8) is 0 Å². The molecule has 0 saturated carbocycles. The molecule has 0 fully saturated rings. The summed E-state index contributed by atoms with van der Waals surface area (Å²) in [6.07, 6.45) is 5.70. The van der Waals surface area contributed by atoms with Gasteiger partial charge in [-0.25, -0.2) is 0 Å². The highest BCUT2D eigenvalue weighted by Crippen LogP contribution is 2.44. The summed E-state index contributed by atoms with van der Waals surface area (Å²) in [7, 11) is 1.85. The van der Waals surface area contributed by atoms with E-state index in [-0.39, 0.29) is 11.3 Å². The summed E-state index contributed by atoms with van der Waals surface area (Å²) in [5, 5.41) is 12.7. The molecule has 18 heavy (non-hydrogen) atoms. The molecule has 0 aliphatic heterocycles. The topological polar surface area (TPSA) is 71.1 Å². The largest absolute Gasteiger partial charge is 0.496 e. The van der Waals surface area contributed by atoms with Crippen LogP contribution in [0.1, 0.15) is 20.8 Å². The maximum Gasteiger partial charge on any atom is 0.118 e. The first kappa shape index (κ1) is 14.7. The van der Waals surface area contributed by atoms with Gasteiger partial charge in [0.25, 0.3) is 0 Å². The van der Waals surface area contributed by atoms with Crippen molar-refractivity contribution in [2.45, 2.75) is 26.3 Å². The lowest BCUT2D eigenvalue weighted by molar-refractivity contribution is 0.0610. The number of hydrogen-bond donors (Lipinski definition) is 2. The molecular formula is C14H23N3O. The average molecular weight is 249 g/mol. The normalized spacial score (nSPS) is 27.6. The monoisotopic (exact) mass is 249 g/mol. The molecule has 1 aliphatic carbocycles. The van der Waals surface area contributed by atoms with Crippen molar-refractivity contribution in [1.29, 1.82) is 5.26 Å². The van der Waals surface area contributed by atoms with Crippen molar-refractivity contribution in [2.75, 3.05) is 20.2 Å². The molecule has 0 radical (unpaired) electrons. The number of ether oxygens (including phenoxy) is 1. The van der Waals surface area contributed by atoms with E-state index >= 15 is 0 Å². The Balaban J connectivity index is 3.37. The first-order valence-electron chi connectivity index (χ1n) is 6.30. The molecule has 1 rings (SSSR count). The summed E-state index contributed by atoms with van der Waals surface area (Å²) in [5.74, 6) is 0.490. The van der Waals surface area contributed by atoms with Crippen molar-refractivity contribution in [3.05, 3.63) is 24.0 Å². The van der Waals surface area contributed by atoms with E-state index in [0.717, 1.165) is 5.76 Å². The van der Waals surface area contributed by atoms with E-state index in [0.29, 0.717) is 13.2 Å². The van der Waals surface area contributed by atoms with Crippen LogP contribution in [-0.2, 0) is 4.74 Å². The first-order chi connectivity index (χ1) is 8.50. The standard InChI is InChI=1S/C14H23N3O/c1-5-18-12-8-6-7-11(9-15)14(12,17-4)13(2,3)10-16/h6-8,11,17H,5,10,16H2,1-4H3. The van der Waals surface area contributed by atoms with Gasteiger partial charge in [-0.15, -0.1) is 0 Å². The molecule has 0 bridgehead atoms. The molecule has 0 aromatic heterocycles. The average Bonchev–Trinajstić information content (AvgIpc) is 2.38. The number of allylic oxidation sites excluding steroid dienone is 2. The Morgan fingerprint density at radius 2 is 2.28 bits per heavy atom. The number of nitriles is 1. The third-order valence-corrected chi connectivity index (χ3v) is 3.82. The summed E-state index contributed by atoms with van der Waals surface area (Å²) in [5.41, 5.74) is 5.04. The smallest absolute Gasteiger partial charge is 0.118 e. The minimum absolute atomic E-state index is 0.298. The Morgan fingerprint density at radius 1 is 1.61 bits per heavy atom. The van der Waals surface area contributed by atoms with E-state index in [9.17, 15) is 5.26 Å². The van der Waals surface area contributed by atoms with Crippen LogP contribution in [0, 0.1) is 22.7 Å². The summed E-state index contributed by atoms with van der Waals surface area (Å²) >= 11 is 0. The maximum atomic E-state index is 9.44. The van der Waals surface area contributed by atoms with E-state index in [1.165, 1.54) is 0 Å².